The van der Waals surface area contributed by atoms with Gasteiger partial charge in [0.05, 0.1) is 11.5 Å². The maximum Gasteiger partial charge on any atom is 0.341 e. The van der Waals surface area contributed by atoms with Gasteiger partial charge in [-0.05, 0) is 36.1 Å². The lowest BCUT2D eigenvalue weighted by atomic mass is 10.0. The van der Waals surface area contributed by atoms with Crippen LogP contribution in [0.1, 0.15) is 35.3 Å². The number of nitro groups is 1. The summed E-state index contributed by atoms with van der Waals surface area (Å²) in [6.45, 7) is 4.00. The number of nitro benzene ring substituents is 1. The number of carbonyl (C=O) groups is 2. The van der Waals surface area contributed by atoms with Gasteiger partial charge in [-0.1, -0.05) is 43.3 Å². The maximum atomic E-state index is 12.7. The summed E-state index contributed by atoms with van der Waals surface area (Å²) in [5.41, 5.74) is 3.49. The van der Waals surface area contributed by atoms with Crippen LogP contribution in [-0.2, 0) is 16.0 Å². The first kappa shape index (κ1) is 22.9. The van der Waals surface area contributed by atoms with E-state index >= 15 is 0 Å². The first-order valence-corrected chi connectivity index (χ1v) is 10.9. The Balaban J connectivity index is 1.86. The zero-order valence-corrected chi connectivity index (χ0v) is 18.5. The topological polar surface area (TPSA) is 98.5 Å². The SMILES string of the molecule is CCOC(=O)c1c(-c2ccc(CC)cc2)csc1NC(=O)C=Cc1cccc([N+](=O)[O-])c1. The van der Waals surface area contributed by atoms with Crippen LogP contribution in [0.15, 0.2) is 60.0 Å². The summed E-state index contributed by atoms with van der Waals surface area (Å²) >= 11 is 1.24. The van der Waals surface area contributed by atoms with E-state index in [4.69, 9.17) is 4.74 Å². The standard InChI is InChI=1S/C24H22N2O5S/c1-3-16-8-11-18(12-9-16)20-15-32-23(22(20)24(28)31-4-2)25-21(27)13-10-17-6-5-7-19(14-17)26(29)30/h5-15H,3-4H2,1-2H3,(H,25,27). The van der Waals surface area contributed by atoms with Crippen molar-refractivity contribution >= 4 is 40.0 Å². The van der Waals surface area contributed by atoms with Gasteiger partial charge in [-0.3, -0.25) is 14.9 Å². The Labute approximate surface area is 189 Å². The summed E-state index contributed by atoms with van der Waals surface area (Å²) in [6.07, 6.45) is 3.65. The Hall–Kier alpha value is -3.78. The smallest absolute Gasteiger partial charge is 0.341 e. The summed E-state index contributed by atoms with van der Waals surface area (Å²) in [5, 5.41) is 15.8. The number of non-ortho nitro benzene ring substituents is 1. The van der Waals surface area contributed by atoms with Gasteiger partial charge in [0.25, 0.3) is 5.69 Å². The quantitative estimate of drug-likeness (QED) is 0.205. The lowest BCUT2D eigenvalue weighted by molar-refractivity contribution is -0.384. The van der Waals surface area contributed by atoms with E-state index < -0.39 is 16.8 Å². The van der Waals surface area contributed by atoms with Crippen LogP contribution in [0.5, 0.6) is 0 Å². The molecule has 0 fully saturated rings. The number of nitrogens with zero attached hydrogens (tertiary/aromatic N) is 1. The number of benzene rings is 2. The van der Waals surface area contributed by atoms with E-state index in [1.165, 1.54) is 41.2 Å². The van der Waals surface area contributed by atoms with E-state index in [0.717, 1.165) is 12.0 Å². The minimum Gasteiger partial charge on any atom is -0.462 e. The highest BCUT2D eigenvalue weighted by atomic mass is 32.1. The summed E-state index contributed by atoms with van der Waals surface area (Å²) in [6, 6.07) is 13.8. The molecule has 32 heavy (non-hydrogen) atoms. The fourth-order valence-electron chi connectivity index (χ4n) is 3.06. The molecule has 7 nitrogen and oxygen atoms in total. The van der Waals surface area contributed by atoms with Crippen molar-refractivity contribution in [2.75, 3.05) is 11.9 Å². The molecular weight excluding hydrogens is 428 g/mol. The molecule has 0 saturated heterocycles. The monoisotopic (exact) mass is 450 g/mol. The van der Waals surface area contributed by atoms with Gasteiger partial charge in [0.15, 0.2) is 0 Å². The van der Waals surface area contributed by atoms with Crippen molar-refractivity contribution in [3.8, 4) is 11.1 Å². The van der Waals surface area contributed by atoms with Crippen molar-refractivity contribution in [2.45, 2.75) is 20.3 Å². The third-order valence-electron chi connectivity index (χ3n) is 4.69. The summed E-state index contributed by atoms with van der Waals surface area (Å²) in [7, 11) is 0. The minimum absolute atomic E-state index is 0.0610. The second-order valence-corrected chi connectivity index (χ2v) is 7.68. The van der Waals surface area contributed by atoms with E-state index in [9.17, 15) is 19.7 Å². The van der Waals surface area contributed by atoms with Crippen LogP contribution < -0.4 is 5.32 Å². The van der Waals surface area contributed by atoms with Crippen LogP contribution in [-0.4, -0.2) is 23.4 Å². The summed E-state index contributed by atoms with van der Waals surface area (Å²) < 4.78 is 5.22. The average molecular weight is 451 g/mol. The molecule has 1 amide bonds. The average Bonchev–Trinajstić information content (AvgIpc) is 3.21. The fourth-order valence-corrected chi connectivity index (χ4v) is 4.02. The highest BCUT2D eigenvalue weighted by Gasteiger charge is 2.22. The number of hydrogen-bond acceptors (Lipinski definition) is 6. The lowest BCUT2D eigenvalue weighted by Gasteiger charge is -2.08. The normalized spacial score (nSPS) is 10.8. The molecule has 1 heterocycles. The highest BCUT2D eigenvalue weighted by molar-refractivity contribution is 7.15. The van der Waals surface area contributed by atoms with Crippen LogP contribution >= 0.6 is 11.3 Å². The summed E-state index contributed by atoms with van der Waals surface area (Å²) in [4.78, 5) is 35.6. The zero-order valence-electron chi connectivity index (χ0n) is 17.7. The predicted molar refractivity (Wildman–Crippen MR) is 126 cm³/mol. The molecule has 2 aromatic carbocycles. The van der Waals surface area contributed by atoms with E-state index in [-0.39, 0.29) is 12.3 Å². The van der Waals surface area contributed by atoms with Crippen LogP contribution in [0.2, 0.25) is 0 Å². The first-order valence-electron chi connectivity index (χ1n) is 10.0. The number of esters is 1. The van der Waals surface area contributed by atoms with Gasteiger partial charge in [0.1, 0.15) is 10.6 Å². The van der Waals surface area contributed by atoms with Gasteiger partial charge >= 0.3 is 5.97 Å². The molecule has 1 N–H and O–H groups in total. The predicted octanol–water partition coefficient (Wildman–Crippen LogP) is 5.71. The molecule has 0 saturated carbocycles. The van der Waals surface area contributed by atoms with Crippen molar-refractivity contribution < 1.29 is 19.2 Å². The van der Waals surface area contributed by atoms with Gasteiger partial charge in [0, 0.05) is 29.2 Å². The van der Waals surface area contributed by atoms with Crippen LogP contribution in [0.3, 0.4) is 0 Å². The van der Waals surface area contributed by atoms with Crippen molar-refractivity contribution in [1.82, 2.24) is 0 Å². The largest absolute Gasteiger partial charge is 0.462 e. The number of thiophene rings is 1. The molecule has 1 aromatic heterocycles. The minimum atomic E-state index is -0.513. The maximum absolute atomic E-state index is 12.7. The summed E-state index contributed by atoms with van der Waals surface area (Å²) in [5.74, 6) is -0.974. The molecule has 164 valence electrons. The van der Waals surface area contributed by atoms with Gasteiger partial charge in [0.2, 0.25) is 5.91 Å². The number of carbonyl (C=O) groups excluding carboxylic acids is 2. The molecule has 0 aliphatic rings. The van der Waals surface area contributed by atoms with Crippen LogP contribution in [0, 0.1) is 10.1 Å². The zero-order chi connectivity index (χ0) is 23.1. The van der Waals surface area contributed by atoms with E-state index in [1.54, 1.807) is 19.1 Å². The molecule has 0 aliphatic heterocycles. The Kier molecular flexibility index (Phi) is 7.51. The fraction of sp³-hybridized carbons (Fsp3) is 0.167. The number of aryl methyl sites for hydroxylation is 1. The van der Waals surface area contributed by atoms with E-state index in [1.807, 2.05) is 29.6 Å². The molecule has 0 bridgehead atoms. The van der Waals surface area contributed by atoms with E-state index in [0.29, 0.717) is 21.7 Å². The molecule has 8 heteroatoms. The molecule has 0 atom stereocenters. The lowest BCUT2D eigenvalue weighted by Crippen LogP contribution is -2.12. The van der Waals surface area contributed by atoms with Crippen molar-refractivity contribution in [2.24, 2.45) is 0 Å². The van der Waals surface area contributed by atoms with Crippen molar-refractivity contribution in [3.63, 3.8) is 0 Å². The van der Waals surface area contributed by atoms with Crippen LogP contribution in [0.4, 0.5) is 10.7 Å². The highest BCUT2D eigenvalue weighted by Crippen LogP contribution is 2.36. The van der Waals surface area contributed by atoms with Crippen LogP contribution in [0.25, 0.3) is 17.2 Å². The van der Waals surface area contributed by atoms with Crippen molar-refractivity contribution in [3.05, 3.63) is 86.8 Å². The number of rotatable bonds is 8. The van der Waals surface area contributed by atoms with Crippen molar-refractivity contribution in [1.29, 1.82) is 0 Å². The second-order valence-electron chi connectivity index (χ2n) is 6.80. The molecule has 0 spiro atoms. The Morgan fingerprint density at radius 3 is 2.56 bits per heavy atom. The Morgan fingerprint density at radius 2 is 1.91 bits per heavy atom. The number of anilines is 1. The Bertz CT molecular complexity index is 1170. The third-order valence-corrected chi connectivity index (χ3v) is 5.58. The second kappa shape index (κ2) is 10.5. The van der Waals surface area contributed by atoms with Gasteiger partial charge in [-0.15, -0.1) is 11.3 Å². The number of ether oxygens (including phenoxy) is 1. The molecule has 0 radical (unpaired) electrons. The first-order chi connectivity index (χ1) is 15.4. The molecular formula is C24H22N2O5S. The van der Waals surface area contributed by atoms with Gasteiger partial charge in [-0.2, -0.15) is 0 Å². The third kappa shape index (κ3) is 5.47. The molecule has 3 aromatic rings. The number of amides is 1. The van der Waals surface area contributed by atoms with Gasteiger partial charge in [-0.25, -0.2) is 4.79 Å². The molecule has 0 unspecified atom stereocenters. The molecule has 3 rings (SSSR count). The Morgan fingerprint density at radius 1 is 1.16 bits per heavy atom. The van der Waals surface area contributed by atoms with Gasteiger partial charge < -0.3 is 10.1 Å². The number of nitrogens with one attached hydrogen (secondary N) is 1. The molecule has 0 aliphatic carbocycles. The van der Waals surface area contributed by atoms with E-state index in [2.05, 4.69) is 12.2 Å². The number of hydrogen-bond donors (Lipinski definition) is 1.